The minimum Gasteiger partial charge on any atom is -0.396 e. The zero-order valence-corrected chi connectivity index (χ0v) is 7.90. The number of aliphatic hydroxyl groups is 1. The number of nitrogens with zero attached hydrogens (tertiary/aromatic N) is 1. The lowest BCUT2D eigenvalue weighted by atomic mass is 10.0. The van der Waals surface area contributed by atoms with Crippen LogP contribution in [0.3, 0.4) is 0 Å². The van der Waals surface area contributed by atoms with E-state index in [9.17, 15) is 0 Å². The monoisotopic (exact) mass is 180 g/mol. The van der Waals surface area contributed by atoms with Gasteiger partial charge in [0, 0.05) is 18.5 Å². The highest BCUT2D eigenvalue weighted by Gasteiger charge is 2.06. The Hall–Kier alpha value is -0.930. The van der Waals surface area contributed by atoms with Crippen LogP contribution in [0.25, 0.3) is 0 Å². The molecule has 13 heavy (non-hydrogen) atoms. The summed E-state index contributed by atoms with van der Waals surface area (Å²) in [5.41, 5.74) is 7.62. The van der Waals surface area contributed by atoms with Gasteiger partial charge in [-0.05, 0) is 37.4 Å². The van der Waals surface area contributed by atoms with Gasteiger partial charge in [0.15, 0.2) is 0 Å². The van der Waals surface area contributed by atoms with Crippen molar-refractivity contribution in [2.45, 2.75) is 13.3 Å². The molecule has 0 aliphatic carbocycles. The second kappa shape index (κ2) is 4.94. The van der Waals surface area contributed by atoms with E-state index >= 15 is 0 Å². The van der Waals surface area contributed by atoms with Gasteiger partial charge < -0.3 is 10.8 Å². The molecular formula is C10H16N2O. The van der Waals surface area contributed by atoms with E-state index in [-0.39, 0.29) is 12.5 Å². The van der Waals surface area contributed by atoms with Gasteiger partial charge in [-0.3, -0.25) is 4.98 Å². The zero-order valence-electron chi connectivity index (χ0n) is 7.90. The lowest BCUT2D eigenvalue weighted by molar-refractivity contribution is 0.229. The summed E-state index contributed by atoms with van der Waals surface area (Å²) in [6, 6.07) is 4.00. The average Bonchev–Trinajstić information content (AvgIpc) is 2.17. The Bertz CT molecular complexity index is 242. The van der Waals surface area contributed by atoms with Gasteiger partial charge in [0.1, 0.15) is 0 Å². The normalized spacial score (nSPS) is 12.8. The van der Waals surface area contributed by atoms with Gasteiger partial charge in [-0.2, -0.15) is 0 Å². The van der Waals surface area contributed by atoms with Crippen LogP contribution in [0.15, 0.2) is 18.3 Å². The maximum atomic E-state index is 8.93. The van der Waals surface area contributed by atoms with Gasteiger partial charge in [0.05, 0.1) is 0 Å². The predicted octanol–water partition coefficient (Wildman–Crippen LogP) is 0.500. The average molecular weight is 180 g/mol. The molecule has 0 aromatic carbocycles. The van der Waals surface area contributed by atoms with Crippen molar-refractivity contribution in [1.82, 2.24) is 4.98 Å². The maximum Gasteiger partial charge on any atom is 0.0475 e. The lowest BCUT2D eigenvalue weighted by Crippen LogP contribution is -2.20. The fraction of sp³-hybridized carbons (Fsp3) is 0.500. The first-order valence-electron chi connectivity index (χ1n) is 4.48. The SMILES string of the molecule is Cc1ccc(CC(CN)CO)nc1. The van der Waals surface area contributed by atoms with Crippen molar-refractivity contribution in [3.05, 3.63) is 29.6 Å². The molecular weight excluding hydrogens is 164 g/mol. The molecule has 72 valence electrons. The Labute approximate surface area is 78.6 Å². The van der Waals surface area contributed by atoms with Crippen molar-refractivity contribution in [1.29, 1.82) is 0 Å². The van der Waals surface area contributed by atoms with Gasteiger partial charge in [0.25, 0.3) is 0 Å². The molecule has 0 saturated carbocycles. The zero-order chi connectivity index (χ0) is 9.68. The Kier molecular flexibility index (Phi) is 3.86. The van der Waals surface area contributed by atoms with Crippen molar-refractivity contribution < 1.29 is 5.11 Å². The van der Waals surface area contributed by atoms with Crippen LogP contribution in [0, 0.1) is 12.8 Å². The first-order valence-corrected chi connectivity index (χ1v) is 4.48. The van der Waals surface area contributed by atoms with Crippen LogP contribution in [0.2, 0.25) is 0 Å². The van der Waals surface area contributed by atoms with E-state index in [4.69, 9.17) is 10.8 Å². The summed E-state index contributed by atoms with van der Waals surface area (Å²) in [7, 11) is 0. The number of aryl methyl sites for hydroxylation is 1. The van der Waals surface area contributed by atoms with E-state index in [1.54, 1.807) is 0 Å². The molecule has 3 nitrogen and oxygen atoms in total. The molecule has 0 saturated heterocycles. The topological polar surface area (TPSA) is 59.1 Å². The first-order chi connectivity index (χ1) is 6.26. The summed E-state index contributed by atoms with van der Waals surface area (Å²) in [5.74, 6) is 0.134. The van der Waals surface area contributed by atoms with Crippen LogP contribution in [-0.2, 0) is 6.42 Å². The molecule has 0 amide bonds. The van der Waals surface area contributed by atoms with Gasteiger partial charge in [-0.15, -0.1) is 0 Å². The molecule has 1 heterocycles. The number of hydrogen-bond donors (Lipinski definition) is 2. The number of aromatic nitrogens is 1. The highest BCUT2D eigenvalue weighted by Crippen LogP contribution is 2.05. The number of hydrogen-bond acceptors (Lipinski definition) is 3. The molecule has 1 rings (SSSR count). The van der Waals surface area contributed by atoms with Crippen LogP contribution < -0.4 is 5.73 Å². The molecule has 0 radical (unpaired) electrons. The summed E-state index contributed by atoms with van der Waals surface area (Å²) < 4.78 is 0. The minimum atomic E-state index is 0.131. The summed E-state index contributed by atoms with van der Waals surface area (Å²) in [5, 5.41) is 8.93. The first kappa shape index (κ1) is 10.2. The molecule has 0 fully saturated rings. The Morgan fingerprint density at radius 3 is 2.77 bits per heavy atom. The highest BCUT2D eigenvalue weighted by molar-refractivity contribution is 5.12. The summed E-state index contributed by atoms with van der Waals surface area (Å²) in [6.07, 6.45) is 2.59. The third kappa shape index (κ3) is 3.13. The quantitative estimate of drug-likeness (QED) is 0.709. The summed E-state index contributed by atoms with van der Waals surface area (Å²) in [6.45, 7) is 2.64. The second-order valence-corrected chi connectivity index (χ2v) is 3.32. The summed E-state index contributed by atoms with van der Waals surface area (Å²) >= 11 is 0. The van der Waals surface area contributed by atoms with Crippen molar-refractivity contribution in [2.24, 2.45) is 11.7 Å². The number of rotatable bonds is 4. The van der Waals surface area contributed by atoms with E-state index in [1.807, 2.05) is 25.3 Å². The van der Waals surface area contributed by atoms with E-state index in [1.165, 1.54) is 0 Å². The van der Waals surface area contributed by atoms with Crippen LogP contribution in [0.1, 0.15) is 11.3 Å². The maximum absolute atomic E-state index is 8.93. The van der Waals surface area contributed by atoms with E-state index < -0.39 is 0 Å². The van der Waals surface area contributed by atoms with E-state index in [0.29, 0.717) is 6.54 Å². The Morgan fingerprint density at radius 2 is 2.31 bits per heavy atom. The fourth-order valence-corrected chi connectivity index (χ4v) is 1.14. The minimum absolute atomic E-state index is 0.131. The van der Waals surface area contributed by atoms with Gasteiger partial charge in [0.2, 0.25) is 0 Å². The number of aliphatic hydroxyl groups excluding tert-OH is 1. The van der Waals surface area contributed by atoms with Crippen molar-refractivity contribution >= 4 is 0 Å². The van der Waals surface area contributed by atoms with Gasteiger partial charge >= 0.3 is 0 Å². The third-order valence-electron chi connectivity index (χ3n) is 2.06. The largest absolute Gasteiger partial charge is 0.396 e. The van der Waals surface area contributed by atoms with E-state index in [2.05, 4.69) is 4.98 Å². The molecule has 1 unspecified atom stereocenters. The van der Waals surface area contributed by atoms with Crippen LogP contribution in [0.5, 0.6) is 0 Å². The highest BCUT2D eigenvalue weighted by atomic mass is 16.3. The molecule has 3 heteroatoms. The van der Waals surface area contributed by atoms with Crippen molar-refractivity contribution in [2.75, 3.05) is 13.2 Å². The molecule has 1 aromatic heterocycles. The second-order valence-electron chi connectivity index (χ2n) is 3.32. The number of nitrogens with two attached hydrogens (primary N) is 1. The lowest BCUT2D eigenvalue weighted by Gasteiger charge is -2.10. The fourth-order valence-electron chi connectivity index (χ4n) is 1.14. The van der Waals surface area contributed by atoms with Crippen LogP contribution in [0.4, 0.5) is 0 Å². The molecule has 1 atom stereocenters. The smallest absolute Gasteiger partial charge is 0.0475 e. The Balaban J connectivity index is 2.58. The molecule has 0 spiro atoms. The van der Waals surface area contributed by atoms with Crippen LogP contribution in [-0.4, -0.2) is 23.2 Å². The standard InChI is InChI=1S/C10H16N2O/c1-8-2-3-10(12-6-8)4-9(5-11)7-13/h2-3,6,9,13H,4-5,7,11H2,1H3. The third-order valence-corrected chi connectivity index (χ3v) is 2.06. The predicted molar refractivity (Wildman–Crippen MR) is 52.3 cm³/mol. The summed E-state index contributed by atoms with van der Waals surface area (Å²) in [4.78, 5) is 4.25. The number of pyridine rings is 1. The molecule has 1 aromatic rings. The molecule has 0 bridgehead atoms. The van der Waals surface area contributed by atoms with E-state index in [0.717, 1.165) is 17.7 Å². The van der Waals surface area contributed by atoms with Gasteiger partial charge in [-0.1, -0.05) is 6.07 Å². The van der Waals surface area contributed by atoms with Gasteiger partial charge in [-0.25, -0.2) is 0 Å². The Morgan fingerprint density at radius 1 is 1.54 bits per heavy atom. The molecule has 0 aliphatic heterocycles. The van der Waals surface area contributed by atoms with Crippen molar-refractivity contribution in [3.8, 4) is 0 Å². The van der Waals surface area contributed by atoms with Crippen molar-refractivity contribution in [3.63, 3.8) is 0 Å². The van der Waals surface area contributed by atoms with Crippen LogP contribution >= 0.6 is 0 Å². The molecule has 3 N–H and O–H groups in total. The molecule has 0 aliphatic rings.